The van der Waals surface area contributed by atoms with Crippen LogP contribution in [0.25, 0.3) is 10.8 Å². The molecule has 0 amide bonds. The lowest BCUT2D eigenvalue weighted by atomic mass is 10.1. The number of hydrogen-bond donors (Lipinski definition) is 2. The van der Waals surface area contributed by atoms with Crippen molar-refractivity contribution >= 4 is 10.8 Å². The quantitative estimate of drug-likeness (QED) is 0.384. The molecule has 0 aliphatic carbocycles. The molecule has 0 radical (unpaired) electrons. The standard InChI is InChI=1S/C23H22N2O2.C4H10/c26-22-12-9-17(10-13-22)4-3-7-21-16-25(23(27)24-21)15-18-8-11-19-5-1-2-6-20(19)14-18;1-3-4-2/h1-2,5-6,8-14,16,26H,3-4,7,15H2,(H,24,27);3-4H2,1-2H3. The first kappa shape index (κ1) is 22.4. The van der Waals surface area contributed by atoms with Crippen molar-refractivity contribution in [1.82, 2.24) is 9.55 Å². The number of phenols is 1. The second kappa shape index (κ2) is 11.2. The number of hydrogen-bond acceptors (Lipinski definition) is 2. The molecule has 31 heavy (non-hydrogen) atoms. The van der Waals surface area contributed by atoms with E-state index in [9.17, 15) is 9.90 Å². The third-order valence-electron chi connectivity index (χ3n) is 5.35. The maximum Gasteiger partial charge on any atom is 0.326 e. The highest BCUT2D eigenvalue weighted by Crippen LogP contribution is 2.16. The zero-order valence-electron chi connectivity index (χ0n) is 18.5. The molecule has 3 aromatic carbocycles. The van der Waals surface area contributed by atoms with Gasteiger partial charge in [-0.2, -0.15) is 0 Å². The third-order valence-corrected chi connectivity index (χ3v) is 5.35. The fraction of sp³-hybridized carbons (Fsp3) is 0.296. The number of unbranched alkanes of at least 4 members (excludes halogenated alkanes) is 1. The van der Waals surface area contributed by atoms with Crippen LogP contribution in [0.5, 0.6) is 5.75 Å². The Hall–Kier alpha value is -3.27. The molecule has 0 saturated carbocycles. The van der Waals surface area contributed by atoms with Crippen molar-refractivity contribution in [2.75, 3.05) is 0 Å². The summed E-state index contributed by atoms with van der Waals surface area (Å²) in [5.74, 6) is 0.286. The molecule has 4 nitrogen and oxygen atoms in total. The molecule has 0 bridgehead atoms. The molecule has 0 atom stereocenters. The SMILES string of the molecule is CCCC.O=c1[nH]c(CCCc2ccc(O)cc2)cn1Cc1ccc2ccccc2c1. The largest absolute Gasteiger partial charge is 0.508 e. The van der Waals surface area contributed by atoms with Crippen LogP contribution in [0.4, 0.5) is 0 Å². The number of nitrogens with zero attached hydrogens (tertiary/aromatic N) is 1. The molecular formula is C27H32N2O2. The molecule has 1 aromatic heterocycles. The van der Waals surface area contributed by atoms with Crippen LogP contribution in [0.3, 0.4) is 0 Å². The highest BCUT2D eigenvalue weighted by atomic mass is 16.3. The van der Waals surface area contributed by atoms with Gasteiger partial charge in [-0.1, -0.05) is 75.2 Å². The molecule has 1 heterocycles. The summed E-state index contributed by atoms with van der Waals surface area (Å²) in [6, 6.07) is 21.8. The highest BCUT2D eigenvalue weighted by molar-refractivity contribution is 5.82. The molecule has 4 heteroatoms. The second-order valence-corrected chi connectivity index (χ2v) is 7.91. The van der Waals surface area contributed by atoms with Gasteiger partial charge in [0, 0.05) is 11.9 Å². The van der Waals surface area contributed by atoms with Gasteiger partial charge in [0.05, 0.1) is 6.54 Å². The molecule has 2 N–H and O–H groups in total. The lowest BCUT2D eigenvalue weighted by Gasteiger charge is -2.04. The van der Waals surface area contributed by atoms with E-state index in [1.54, 1.807) is 16.7 Å². The van der Waals surface area contributed by atoms with Gasteiger partial charge >= 0.3 is 5.69 Å². The number of phenolic OH excluding ortho intramolecular Hbond substituents is 1. The van der Waals surface area contributed by atoms with Gasteiger partial charge in [-0.15, -0.1) is 0 Å². The molecule has 0 spiro atoms. The fourth-order valence-electron chi connectivity index (χ4n) is 3.41. The summed E-state index contributed by atoms with van der Waals surface area (Å²) in [5.41, 5.74) is 3.19. The van der Waals surface area contributed by atoms with Gasteiger partial charge in [0.2, 0.25) is 0 Å². The van der Waals surface area contributed by atoms with E-state index in [0.29, 0.717) is 6.54 Å². The van der Waals surface area contributed by atoms with E-state index in [-0.39, 0.29) is 11.4 Å². The average molecular weight is 417 g/mol. The van der Waals surface area contributed by atoms with Gasteiger partial charge in [0.15, 0.2) is 0 Å². The van der Waals surface area contributed by atoms with Gasteiger partial charge in [0.25, 0.3) is 0 Å². The molecule has 0 fully saturated rings. The summed E-state index contributed by atoms with van der Waals surface area (Å²) in [6.07, 6.45) is 7.24. The fourth-order valence-corrected chi connectivity index (χ4v) is 3.41. The van der Waals surface area contributed by atoms with Crippen molar-refractivity contribution in [2.45, 2.75) is 52.5 Å². The van der Waals surface area contributed by atoms with Crippen LogP contribution in [-0.4, -0.2) is 14.7 Å². The van der Waals surface area contributed by atoms with Crippen molar-refractivity contribution < 1.29 is 5.11 Å². The molecule has 0 aliphatic rings. The first-order valence-electron chi connectivity index (χ1n) is 11.1. The van der Waals surface area contributed by atoms with Crippen molar-refractivity contribution in [3.05, 3.63) is 100 Å². The summed E-state index contributed by atoms with van der Waals surface area (Å²) < 4.78 is 1.74. The molecular weight excluding hydrogens is 384 g/mol. The minimum absolute atomic E-state index is 0.0669. The Labute approximate surface area is 184 Å². The molecule has 4 rings (SSSR count). The van der Waals surface area contributed by atoms with Crippen molar-refractivity contribution in [1.29, 1.82) is 0 Å². The Kier molecular flexibility index (Phi) is 8.11. The van der Waals surface area contributed by atoms with Crippen LogP contribution in [0.15, 0.2) is 77.7 Å². The number of imidazole rings is 1. The van der Waals surface area contributed by atoms with Crippen LogP contribution >= 0.6 is 0 Å². The van der Waals surface area contributed by atoms with E-state index in [0.717, 1.165) is 30.5 Å². The van der Waals surface area contributed by atoms with Gasteiger partial charge in [0.1, 0.15) is 5.75 Å². The topological polar surface area (TPSA) is 58.0 Å². The first-order chi connectivity index (χ1) is 15.1. The third kappa shape index (κ3) is 6.61. The number of nitrogens with one attached hydrogen (secondary N) is 1. The summed E-state index contributed by atoms with van der Waals surface area (Å²) in [7, 11) is 0. The Morgan fingerprint density at radius 3 is 2.23 bits per heavy atom. The normalized spacial score (nSPS) is 10.6. The van der Waals surface area contributed by atoms with Gasteiger partial charge in [-0.25, -0.2) is 4.79 Å². The van der Waals surface area contributed by atoms with E-state index in [2.05, 4.69) is 49.2 Å². The van der Waals surface area contributed by atoms with Gasteiger partial charge in [-0.3, -0.25) is 4.57 Å². The Balaban J connectivity index is 0.000000628. The summed E-state index contributed by atoms with van der Waals surface area (Å²) in [4.78, 5) is 15.2. The van der Waals surface area contributed by atoms with Crippen molar-refractivity contribution in [3.8, 4) is 5.75 Å². The minimum Gasteiger partial charge on any atom is -0.508 e. The number of fused-ring (bicyclic) bond motifs is 1. The lowest BCUT2D eigenvalue weighted by Crippen LogP contribution is -2.16. The molecule has 4 aromatic rings. The zero-order valence-corrected chi connectivity index (χ0v) is 18.5. The summed E-state index contributed by atoms with van der Waals surface area (Å²) in [5, 5.41) is 11.7. The van der Waals surface area contributed by atoms with Crippen LogP contribution in [-0.2, 0) is 19.4 Å². The van der Waals surface area contributed by atoms with Crippen molar-refractivity contribution in [3.63, 3.8) is 0 Å². The number of aromatic amines is 1. The maximum absolute atomic E-state index is 12.3. The second-order valence-electron chi connectivity index (χ2n) is 7.91. The Bertz CT molecular complexity index is 1140. The Morgan fingerprint density at radius 2 is 1.52 bits per heavy atom. The van der Waals surface area contributed by atoms with Crippen molar-refractivity contribution in [2.24, 2.45) is 0 Å². The highest BCUT2D eigenvalue weighted by Gasteiger charge is 2.05. The number of aromatic hydroxyl groups is 1. The van der Waals surface area contributed by atoms with Crippen LogP contribution < -0.4 is 5.69 Å². The Morgan fingerprint density at radius 1 is 0.839 bits per heavy atom. The maximum atomic E-state index is 12.3. The van der Waals surface area contributed by atoms with E-state index in [4.69, 9.17) is 0 Å². The molecule has 162 valence electrons. The molecule has 0 saturated heterocycles. The van der Waals surface area contributed by atoms with Crippen LogP contribution in [0.2, 0.25) is 0 Å². The van der Waals surface area contributed by atoms with E-state index < -0.39 is 0 Å². The van der Waals surface area contributed by atoms with Gasteiger partial charge < -0.3 is 10.1 Å². The minimum atomic E-state index is -0.0669. The summed E-state index contributed by atoms with van der Waals surface area (Å²) in [6.45, 7) is 4.93. The van der Waals surface area contributed by atoms with E-state index >= 15 is 0 Å². The first-order valence-corrected chi connectivity index (χ1v) is 11.1. The van der Waals surface area contributed by atoms with E-state index in [1.807, 2.05) is 30.5 Å². The lowest BCUT2D eigenvalue weighted by molar-refractivity contribution is 0.475. The number of aromatic nitrogens is 2. The van der Waals surface area contributed by atoms with Crippen LogP contribution in [0, 0.1) is 0 Å². The van der Waals surface area contributed by atoms with Gasteiger partial charge in [-0.05, 0) is 59.4 Å². The average Bonchev–Trinajstić information content (AvgIpc) is 3.14. The number of benzene rings is 3. The summed E-state index contributed by atoms with van der Waals surface area (Å²) >= 11 is 0. The zero-order chi connectivity index (χ0) is 22.1. The molecule has 0 unspecified atom stereocenters. The smallest absolute Gasteiger partial charge is 0.326 e. The molecule has 0 aliphatic heterocycles. The number of H-pyrrole nitrogens is 1. The van der Waals surface area contributed by atoms with E-state index in [1.165, 1.54) is 29.2 Å². The predicted molar refractivity (Wildman–Crippen MR) is 129 cm³/mol. The van der Waals surface area contributed by atoms with Crippen LogP contribution in [0.1, 0.15) is 49.9 Å². The predicted octanol–water partition coefficient (Wildman–Crippen LogP) is 6.07. The number of aryl methyl sites for hydroxylation is 2. The monoisotopic (exact) mass is 416 g/mol. The number of rotatable bonds is 7.